The van der Waals surface area contributed by atoms with Gasteiger partial charge in [-0.1, -0.05) is 24.4 Å². The third-order valence-corrected chi connectivity index (χ3v) is 2.91. The van der Waals surface area contributed by atoms with Crippen LogP contribution in [0.2, 0.25) is 5.02 Å². The Kier molecular flexibility index (Phi) is 3.29. The first-order valence-electron chi connectivity index (χ1n) is 5.23. The van der Waals surface area contributed by atoms with Crippen LogP contribution in [0.4, 0.5) is 5.69 Å². The van der Waals surface area contributed by atoms with Gasteiger partial charge in [0.05, 0.1) is 11.5 Å². The molecule has 1 saturated carbocycles. The van der Waals surface area contributed by atoms with E-state index in [9.17, 15) is 10.1 Å². The molecule has 86 valence electrons. The van der Waals surface area contributed by atoms with Gasteiger partial charge in [0.25, 0.3) is 5.69 Å². The van der Waals surface area contributed by atoms with Crippen LogP contribution < -0.4 is 4.74 Å². The molecular weight excluding hydrogens is 230 g/mol. The minimum atomic E-state index is -0.504. The zero-order valence-electron chi connectivity index (χ0n) is 8.69. The summed E-state index contributed by atoms with van der Waals surface area (Å²) in [6.07, 6.45) is 3.64. The molecule has 0 saturated heterocycles. The summed E-state index contributed by atoms with van der Waals surface area (Å²) >= 11 is 5.76. The highest BCUT2D eigenvalue weighted by atomic mass is 35.5. The number of halogens is 1. The second-order valence-electron chi connectivity index (χ2n) is 3.95. The largest absolute Gasteiger partial charge is 0.494 e. The summed E-state index contributed by atoms with van der Waals surface area (Å²) in [5, 5.41) is 10.6. The van der Waals surface area contributed by atoms with Gasteiger partial charge in [0.15, 0.2) is 0 Å². The summed E-state index contributed by atoms with van der Waals surface area (Å²) in [5.41, 5.74) is -0.0868. The minimum Gasteiger partial charge on any atom is -0.494 e. The maximum absolute atomic E-state index is 10.5. The van der Waals surface area contributed by atoms with Crippen molar-refractivity contribution >= 4 is 17.3 Å². The van der Waals surface area contributed by atoms with E-state index in [1.165, 1.54) is 25.0 Å². The van der Waals surface area contributed by atoms with E-state index in [4.69, 9.17) is 16.3 Å². The Morgan fingerprint density at radius 3 is 2.81 bits per heavy atom. The topological polar surface area (TPSA) is 52.4 Å². The Balaban J connectivity index is 1.93. The molecule has 0 N–H and O–H groups in total. The zero-order valence-corrected chi connectivity index (χ0v) is 9.44. The summed E-state index contributed by atoms with van der Waals surface area (Å²) in [4.78, 5) is 10.0. The maximum atomic E-state index is 10.5. The number of hydrogen-bond acceptors (Lipinski definition) is 3. The van der Waals surface area contributed by atoms with Gasteiger partial charge in [-0.2, -0.15) is 0 Å². The van der Waals surface area contributed by atoms with Gasteiger partial charge in [-0.15, -0.1) is 0 Å². The van der Waals surface area contributed by atoms with Crippen LogP contribution in [0.3, 0.4) is 0 Å². The van der Waals surface area contributed by atoms with Gasteiger partial charge >= 0.3 is 0 Å². The van der Waals surface area contributed by atoms with Crippen molar-refractivity contribution in [3.8, 4) is 5.75 Å². The smallest absolute Gasteiger partial charge is 0.288 e. The molecule has 0 radical (unpaired) electrons. The Bertz CT molecular complexity index is 404. The lowest BCUT2D eigenvalue weighted by Gasteiger charge is -2.05. The Morgan fingerprint density at radius 1 is 1.50 bits per heavy atom. The monoisotopic (exact) mass is 241 g/mol. The van der Waals surface area contributed by atoms with Gasteiger partial charge in [-0.25, -0.2) is 0 Å². The molecule has 4 nitrogen and oxygen atoms in total. The molecule has 1 aromatic carbocycles. The number of nitro groups is 1. The zero-order chi connectivity index (χ0) is 11.5. The molecule has 0 aromatic heterocycles. The van der Waals surface area contributed by atoms with E-state index in [0.29, 0.717) is 12.4 Å². The van der Waals surface area contributed by atoms with Crippen molar-refractivity contribution in [3.63, 3.8) is 0 Å². The second kappa shape index (κ2) is 4.70. The van der Waals surface area contributed by atoms with E-state index in [1.807, 2.05) is 0 Å². The van der Waals surface area contributed by atoms with Gasteiger partial charge in [0, 0.05) is 12.1 Å². The molecule has 1 aliphatic rings. The molecular formula is C11H12ClNO3. The van der Waals surface area contributed by atoms with Crippen molar-refractivity contribution < 1.29 is 9.66 Å². The molecule has 1 aromatic rings. The van der Waals surface area contributed by atoms with E-state index >= 15 is 0 Å². The number of benzene rings is 1. The molecule has 16 heavy (non-hydrogen) atoms. The van der Waals surface area contributed by atoms with E-state index in [1.54, 1.807) is 6.07 Å². The Labute approximate surface area is 98.3 Å². The Morgan fingerprint density at radius 2 is 2.25 bits per heavy atom. The molecule has 5 heteroatoms. The van der Waals surface area contributed by atoms with Gasteiger partial charge in [0.2, 0.25) is 0 Å². The molecule has 2 rings (SSSR count). The van der Waals surface area contributed by atoms with Crippen molar-refractivity contribution in [2.45, 2.75) is 19.3 Å². The third-order valence-electron chi connectivity index (χ3n) is 2.61. The van der Waals surface area contributed by atoms with Crippen LogP contribution >= 0.6 is 11.6 Å². The van der Waals surface area contributed by atoms with Crippen LogP contribution in [0, 0.1) is 16.0 Å². The lowest BCUT2D eigenvalue weighted by molar-refractivity contribution is -0.384. The van der Waals surface area contributed by atoms with Gasteiger partial charge < -0.3 is 4.74 Å². The molecule has 0 atom stereocenters. The standard InChI is InChI=1S/C11H12ClNO3/c12-10-7-9(3-4-11(10)13(14)15)16-6-5-8-1-2-8/h3-4,7-8H,1-2,5-6H2. The van der Waals surface area contributed by atoms with Crippen LogP contribution in [0.5, 0.6) is 5.75 Å². The summed E-state index contributed by atoms with van der Waals surface area (Å²) in [6.45, 7) is 0.652. The van der Waals surface area contributed by atoms with Crippen molar-refractivity contribution in [2.75, 3.05) is 6.61 Å². The number of nitrogens with zero attached hydrogens (tertiary/aromatic N) is 1. The predicted octanol–water partition coefficient (Wildman–Crippen LogP) is 3.43. The SMILES string of the molecule is O=[N+]([O-])c1ccc(OCCC2CC2)cc1Cl. The summed E-state index contributed by atoms with van der Waals surface area (Å²) in [6, 6.07) is 4.44. The van der Waals surface area contributed by atoms with Gasteiger partial charge in [-0.3, -0.25) is 10.1 Å². The first-order chi connectivity index (χ1) is 7.66. The highest BCUT2D eigenvalue weighted by molar-refractivity contribution is 6.32. The fraction of sp³-hybridized carbons (Fsp3) is 0.455. The minimum absolute atomic E-state index is 0.0868. The summed E-state index contributed by atoms with van der Waals surface area (Å²) in [5.74, 6) is 1.41. The third kappa shape index (κ3) is 2.85. The van der Waals surface area contributed by atoms with Crippen LogP contribution in [-0.4, -0.2) is 11.5 Å². The molecule has 1 aliphatic carbocycles. The van der Waals surface area contributed by atoms with Crippen molar-refractivity contribution in [1.29, 1.82) is 0 Å². The van der Waals surface area contributed by atoms with Crippen LogP contribution in [0.15, 0.2) is 18.2 Å². The fourth-order valence-corrected chi connectivity index (χ4v) is 1.71. The summed E-state index contributed by atoms with van der Waals surface area (Å²) < 4.78 is 5.47. The molecule has 0 aliphatic heterocycles. The lowest BCUT2D eigenvalue weighted by Crippen LogP contribution is -1.98. The van der Waals surface area contributed by atoms with Crippen molar-refractivity contribution in [1.82, 2.24) is 0 Å². The molecule has 0 heterocycles. The molecule has 0 amide bonds. The van der Waals surface area contributed by atoms with Crippen LogP contribution in [0.1, 0.15) is 19.3 Å². The maximum Gasteiger partial charge on any atom is 0.288 e. The quantitative estimate of drug-likeness (QED) is 0.586. The van der Waals surface area contributed by atoms with Crippen molar-refractivity contribution in [3.05, 3.63) is 33.3 Å². The molecule has 1 fully saturated rings. The van der Waals surface area contributed by atoms with E-state index < -0.39 is 4.92 Å². The molecule has 0 spiro atoms. The van der Waals surface area contributed by atoms with E-state index in [0.717, 1.165) is 12.3 Å². The van der Waals surface area contributed by atoms with Crippen LogP contribution in [-0.2, 0) is 0 Å². The van der Waals surface area contributed by atoms with Crippen molar-refractivity contribution in [2.24, 2.45) is 5.92 Å². The fourth-order valence-electron chi connectivity index (χ4n) is 1.48. The predicted molar refractivity (Wildman–Crippen MR) is 60.9 cm³/mol. The number of ether oxygens (including phenoxy) is 1. The number of rotatable bonds is 5. The average molecular weight is 242 g/mol. The average Bonchev–Trinajstić information content (AvgIpc) is 3.01. The number of hydrogen-bond donors (Lipinski definition) is 0. The normalized spacial score (nSPS) is 14.8. The van der Waals surface area contributed by atoms with Gasteiger partial charge in [-0.05, 0) is 18.4 Å². The Hall–Kier alpha value is -1.29. The van der Waals surface area contributed by atoms with E-state index in [2.05, 4.69) is 0 Å². The molecule has 0 unspecified atom stereocenters. The van der Waals surface area contributed by atoms with E-state index in [-0.39, 0.29) is 10.7 Å². The first kappa shape index (κ1) is 11.2. The second-order valence-corrected chi connectivity index (χ2v) is 4.36. The molecule has 0 bridgehead atoms. The number of nitro benzene ring substituents is 1. The summed E-state index contributed by atoms with van der Waals surface area (Å²) in [7, 11) is 0. The highest BCUT2D eigenvalue weighted by Crippen LogP contribution is 2.33. The van der Waals surface area contributed by atoms with Gasteiger partial charge in [0.1, 0.15) is 10.8 Å². The van der Waals surface area contributed by atoms with Crippen LogP contribution in [0.25, 0.3) is 0 Å². The highest BCUT2D eigenvalue weighted by Gasteiger charge is 2.20. The first-order valence-corrected chi connectivity index (χ1v) is 5.61. The lowest BCUT2D eigenvalue weighted by atomic mass is 10.3.